The Balaban J connectivity index is 0.000000209. The van der Waals surface area contributed by atoms with E-state index < -0.39 is 116 Å². The third-order valence-corrected chi connectivity index (χ3v) is 24.7. The molecule has 140 heavy (non-hydrogen) atoms. The Kier molecular flexibility index (Phi) is 35.4. The van der Waals surface area contributed by atoms with Crippen molar-refractivity contribution >= 4 is 135 Å². The predicted octanol–water partition coefficient (Wildman–Crippen LogP) is -14.9. The highest BCUT2D eigenvalue weighted by Gasteiger charge is 2.37. The molecule has 7 heterocycles. The number of benzene rings is 4. The van der Waals surface area contributed by atoms with E-state index in [0.717, 1.165) is 57.0 Å². The van der Waals surface area contributed by atoms with Crippen LogP contribution in [0.2, 0.25) is 0 Å². The molecule has 51 heteroatoms. The summed E-state index contributed by atoms with van der Waals surface area (Å²) in [6, 6.07) is 34.0. The molecule has 12 rings (SSSR count). The van der Waals surface area contributed by atoms with Gasteiger partial charge in [-0.05, 0) is 124 Å². The fourth-order valence-electron chi connectivity index (χ4n) is 13.5. The van der Waals surface area contributed by atoms with Crippen molar-refractivity contribution in [2.24, 2.45) is 129 Å². The smallest absolute Gasteiger partial charge is 0.316 e. The van der Waals surface area contributed by atoms with Crippen molar-refractivity contribution < 1.29 is 139 Å². The number of nitrogens with two attached hydrogens (primary N) is 12. The number of allylic oxidation sites excluding steroid dienone is 5. The van der Waals surface area contributed by atoms with Gasteiger partial charge in [0.25, 0.3) is 23.8 Å². The van der Waals surface area contributed by atoms with Gasteiger partial charge >= 0.3 is 23.8 Å². The number of ether oxygens (including phenoxy) is 2. The third kappa shape index (κ3) is 31.3. The minimum atomic E-state index is -5.02. The van der Waals surface area contributed by atoms with Gasteiger partial charge in [-0.25, -0.2) is 71.9 Å². The van der Waals surface area contributed by atoms with Crippen molar-refractivity contribution in [1.29, 1.82) is 0 Å². The van der Waals surface area contributed by atoms with Crippen molar-refractivity contribution in [3.8, 4) is 91.9 Å². The number of pyridine rings is 4. The molecule has 1 aliphatic carbocycles. The minimum absolute atomic E-state index is 0.0277. The van der Waals surface area contributed by atoms with Gasteiger partial charge in [0.2, 0.25) is 0 Å². The van der Waals surface area contributed by atoms with Crippen LogP contribution in [0.4, 0.5) is 22.7 Å². The van der Waals surface area contributed by atoms with Crippen LogP contribution >= 0.6 is 0 Å². The summed E-state index contributed by atoms with van der Waals surface area (Å²) in [5.41, 5.74) is 75.0. The molecule has 8 atom stereocenters. The van der Waals surface area contributed by atoms with Crippen LogP contribution in [-0.4, -0.2) is 157 Å². The molecule has 4 aliphatic rings. The van der Waals surface area contributed by atoms with E-state index in [-0.39, 0.29) is 90.1 Å². The number of aliphatic imine (C=N–C) groups is 4. The molecule has 3 aliphatic heterocycles. The number of nitrogens with zero attached hydrogens (tertiary/aromatic N) is 8. The van der Waals surface area contributed by atoms with E-state index in [2.05, 4.69) is 92.6 Å². The van der Waals surface area contributed by atoms with Crippen LogP contribution < -0.4 is 133 Å². The number of aryl methyl sites for hydroxylation is 4. The Hall–Kier alpha value is -17.4. The number of guanidine groups is 8. The first-order valence-corrected chi connectivity index (χ1v) is 46.5. The summed E-state index contributed by atoms with van der Waals surface area (Å²) in [5, 5.41) is 42.4. The second kappa shape index (κ2) is 46.7. The molecular weight excluding hydrogens is 1900 g/mol. The number of aliphatic carboxylic acids is 4. The van der Waals surface area contributed by atoms with Gasteiger partial charge < -0.3 is 141 Å². The largest absolute Gasteiger partial charge is 0.748 e. The fraction of sp³-hybridized carbons (Fsp3) is 0.191. The normalized spacial score (nSPS) is 17.9. The highest BCUT2D eigenvalue weighted by atomic mass is 32.2. The number of nitrogens with one attached hydrogen (secondary N) is 5. The first-order chi connectivity index (χ1) is 65.7. The monoisotopic (exact) mass is 1990 g/mol. The van der Waals surface area contributed by atoms with Gasteiger partial charge in [0.1, 0.15) is 81.3 Å². The number of rotatable bonds is 16. The molecule has 4 aromatic carbocycles. The Morgan fingerprint density at radius 2 is 0.650 bits per heavy atom. The van der Waals surface area contributed by atoms with Crippen LogP contribution in [0.15, 0.2) is 238 Å². The maximum absolute atomic E-state index is 11.6. The van der Waals surface area contributed by atoms with E-state index in [1.807, 2.05) is 145 Å². The number of carboxylic acid groups (broad SMARTS) is 4. The number of carbonyl (C=O) groups excluding carboxylic acids is 4. The Bertz CT molecular complexity index is 6900. The molecule has 0 saturated heterocycles. The topological polar surface area (TPSA) is 853 Å². The number of aromatic nitrogens is 4. The van der Waals surface area contributed by atoms with Crippen LogP contribution in [0, 0.1) is 59.2 Å². The van der Waals surface area contributed by atoms with Gasteiger partial charge in [-0.15, -0.1) is 20.0 Å². The summed E-state index contributed by atoms with van der Waals surface area (Å²) in [4.78, 5) is 71.9. The third-order valence-electron chi connectivity index (χ3n) is 20.1. The summed E-state index contributed by atoms with van der Waals surface area (Å²) in [5.74, 6) is 12.4. The lowest BCUT2D eigenvalue weighted by Gasteiger charge is -2.33. The van der Waals surface area contributed by atoms with Gasteiger partial charge in [-0.3, -0.25) is 0 Å². The zero-order valence-electron chi connectivity index (χ0n) is 74.2. The summed E-state index contributed by atoms with van der Waals surface area (Å²) < 4.78 is 155. The molecule has 8 aromatic rings. The molecule has 0 unspecified atom stereocenters. The van der Waals surface area contributed by atoms with Crippen molar-refractivity contribution in [1.82, 2.24) is 5.32 Å². The molecular formula is C89H91N25O22S4. The van der Waals surface area contributed by atoms with Crippen LogP contribution in [0.5, 0.6) is 0 Å². The van der Waals surface area contributed by atoms with Gasteiger partial charge in [0.15, 0.2) is 61.1 Å². The molecule has 728 valence electrons. The zero-order chi connectivity index (χ0) is 103. The number of carbonyl (C=O) groups is 4. The van der Waals surface area contributed by atoms with Crippen LogP contribution in [0.1, 0.15) is 54.4 Å². The van der Waals surface area contributed by atoms with Gasteiger partial charge in [0.05, 0.1) is 62.3 Å². The lowest BCUT2D eigenvalue weighted by atomic mass is 9.88. The number of carboxylic acids is 4. The fourth-order valence-corrected chi connectivity index (χ4v) is 17.0. The Morgan fingerprint density at radius 3 is 0.943 bits per heavy atom. The van der Waals surface area contributed by atoms with Crippen LogP contribution in [-0.2, 0) is 97.3 Å². The highest BCUT2D eigenvalue weighted by molar-refractivity contribution is 7.87. The first kappa shape index (κ1) is 106. The lowest BCUT2D eigenvalue weighted by molar-refractivity contribution is -0.671. The summed E-state index contributed by atoms with van der Waals surface area (Å²) in [7, 11) is -12.2. The number of hydrogen-bond donors (Lipinski definition) is 17. The second-order valence-electron chi connectivity index (χ2n) is 30.8. The van der Waals surface area contributed by atoms with E-state index in [0.29, 0.717) is 50.6 Å². The molecule has 0 saturated carbocycles. The average molecular weight is 1990 g/mol. The standard InChI is InChI=1S/C23H24N6O5S.C22H23N7O5S.2C22H22N6O6S/c1-29-10-8-15(9-11-29)18-6-5-17(27-23(26)28-22(24)25)13-16(18)4-2-14-3-7-20(35(32,33)34)19(12-14)21(30)31;1-29-8-6-14(7-9-29)17-5-4-16(27-22(25)28-21(23)24)11-15(17)3-2-13-10-18(35(32,33)34)19(20(30)31)26-12-13;1-28-8-6-14(7-9-28)17-5-4-16(26-22(25)27-21(23)24)11-15(17)3-2-13-10-18(35(31,32)33)19(20(29)30)34-12-13;1-28-8-6-14(7-9-28)17-5-4-16(26-22(25)27-21(23)24)11-15(17)3-2-13-10-18(19(29)30)20(34-12-13)35(31,32)33/h3,5-6,8-11,13,19-20H,7,12H2,1H3,(H7,24,25,26,28,30,31,32,33,34);4-9,11-12,18-19H,10H2,1H3,(H8,23,24,25,26,27,28,30,31,32,33,34);4-9,11-12,18-19H,10H2,1H3,(H7,23,24,25,27,29,30,31,32,33);4-9,11-12,18,20H,10H2,1H3,(H7,23,24,25,27,29,30,31,32,33)/t19-,20+;2*18-,19+;18-,20+/m1110/s1. The predicted molar refractivity (Wildman–Crippen MR) is 491 cm³/mol. The first-order valence-electron chi connectivity index (χ1n) is 40.6. The molecule has 29 N–H and O–H groups in total. The maximum Gasteiger partial charge on any atom is 0.316 e. The van der Waals surface area contributed by atoms with Crippen LogP contribution in [0.25, 0.3) is 44.5 Å². The van der Waals surface area contributed by atoms with Gasteiger partial charge in [0, 0.05) is 118 Å². The van der Waals surface area contributed by atoms with Gasteiger partial charge in [-0.1, -0.05) is 77.7 Å². The molecule has 4 aromatic heterocycles. The molecule has 0 bridgehead atoms. The number of hydrogen-bond acceptors (Lipinski definition) is 27. The zero-order valence-corrected chi connectivity index (χ0v) is 77.5. The average Bonchev–Trinajstić information content (AvgIpc) is 0.804. The van der Waals surface area contributed by atoms with Gasteiger partial charge in [-0.2, -0.15) is 0 Å². The van der Waals surface area contributed by atoms with Crippen LogP contribution in [0.3, 0.4) is 0 Å². The van der Waals surface area contributed by atoms with Crippen molar-refractivity contribution in [2.75, 3.05) is 0 Å². The van der Waals surface area contributed by atoms with E-state index in [1.54, 1.807) is 72.8 Å². The Morgan fingerprint density at radius 1 is 0.357 bits per heavy atom. The summed E-state index contributed by atoms with van der Waals surface area (Å²) >= 11 is 0. The van der Waals surface area contributed by atoms with E-state index in [1.165, 1.54) is 12.3 Å². The van der Waals surface area contributed by atoms with Crippen molar-refractivity contribution in [3.63, 3.8) is 0 Å². The van der Waals surface area contributed by atoms with E-state index >= 15 is 0 Å². The summed E-state index contributed by atoms with van der Waals surface area (Å²) in [6.45, 7) is 0. The summed E-state index contributed by atoms with van der Waals surface area (Å²) in [6.07, 6.45) is 16.0. The quantitative estimate of drug-likeness (QED) is 0.0140. The maximum atomic E-state index is 11.6. The molecule has 0 radical (unpaired) electrons. The molecule has 47 nitrogen and oxygen atoms in total. The van der Waals surface area contributed by atoms with E-state index in [9.17, 15) is 91.5 Å². The molecule has 0 amide bonds. The lowest BCUT2D eigenvalue weighted by Crippen LogP contribution is -2.84. The molecule has 0 spiro atoms. The van der Waals surface area contributed by atoms with Crippen molar-refractivity contribution in [2.45, 2.75) is 65.4 Å². The Labute approximate surface area is 801 Å². The SMILES string of the molecule is C[n+]1ccc(-c2ccc(N=C(N)[NH+]=C(N)N)cc2C#CC2=CC[C@H](S(=O)(=O)[O-])[C@H](C(=O)[O-])C2)cc1.C[n+]1ccc(-c2ccc(N=C(N)[NH+]=C(N)N)cc2C#CC2=CN[C@H](C(=O)[O-])[C@H](S(=O)(=O)[O-])C2)cc1.C[n+]1ccc(-c2ccc(N=C(N)[NH+]=C(N)N)cc2C#CC2=CO[C@H](C(=O)[O-])[C@H](S(=O)(=O)[O-])C2)cc1.C[n+]1ccc(-c2ccc(N=C(N)[NH+]=C(N)N)cc2C#CC2=CO[C@H](S(=O)(=O)[O-])[C@H](C(=O)[O-])C2)cc1. The van der Waals surface area contributed by atoms with E-state index in [4.69, 9.17) is 78.3 Å². The van der Waals surface area contributed by atoms with Crippen molar-refractivity contribution in [3.05, 3.63) is 240 Å². The highest BCUT2D eigenvalue weighted by Crippen LogP contribution is 2.35. The minimum Gasteiger partial charge on any atom is -0.748 e. The second-order valence-corrected chi connectivity index (χ2v) is 37.0. The molecule has 0 fully saturated rings.